The van der Waals surface area contributed by atoms with E-state index in [1.54, 1.807) is 35.2 Å². The van der Waals surface area contributed by atoms with E-state index in [4.69, 9.17) is 10.3 Å². The molecule has 3 heterocycles. The predicted molar refractivity (Wildman–Crippen MR) is 102 cm³/mol. The number of hydrogen-bond acceptors (Lipinski definition) is 5. The molecule has 1 aliphatic rings. The van der Waals surface area contributed by atoms with Crippen molar-refractivity contribution in [3.05, 3.63) is 58.7 Å². The van der Waals surface area contributed by atoms with Crippen molar-refractivity contribution in [1.82, 2.24) is 20.0 Å². The van der Waals surface area contributed by atoms with Crippen LogP contribution in [-0.2, 0) is 13.0 Å². The van der Waals surface area contributed by atoms with Gasteiger partial charge in [0.1, 0.15) is 5.82 Å². The van der Waals surface area contributed by atoms with Crippen LogP contribution >= 0.6 is 0 Å². The Balaban J connectivity index is 1.52. The fourth-order valence-corrected chi connectivity index (χ4v) is 3.21. The smallest absolute Gasteiger partial charge is 0.292 e. The van der Waals surface area contributed by atoms with E-state index >= 15 is 0 Å². The average Bonchev–Trinajstić information content (AvgIpc) is 3.34. The molecule has 0 fully saturated rings. The molecule has 3 N–H and O–H groups in total. The summed E-state index contributed by atoms with van der Waals surface area (Å²) in [6.45, 7) is 5.00. The molecule has 0 saturated heterocycles. The van der Waals surface area contributed by atoms with Gasteiger partial charge in [-0.15, -0.1) is 0 Å². The third-order valence-corrected chi connectivity index (χ3v) is 4.89. The van der Waals surface area contributed by atoms with Crippen LogP contribution in [0.5, 0.6) is 0 Å². The lowest BCUT2D eigenvalue weighted by atomic mass is 10.1. The number of carbonyl (C=O) groups is 2. The zero-order chi connectivity index (χ0) is 19.8. The standard InChI is InChI=1S/C20H21N5O3/c1-11(2)15-9-17(28-24-15)20(27)25-8-7-14-16(10-25)23-19(22-14)13-5-3-12(4-6-13)18(21)26/h3-6,9,11H,7-8,10H2,1-2H3,(H2,21,26)(H,22,23). The number of aromatic nitrogens is 3. The van der Waals surface area contributed by atoms with Gasteiger partial charge in [-0.1, -0.05) is 31.1 Å². The number of hydrogen-bond donors (Lipinski definition) is 2. The second-order valence-corrected chi connectivity index (χ2v) is 7.20. The first-order chi connectivity index (χ1) is 13.4. The molecule has 0 aliphatic carbocycles. The molecule has 0 bridgehead atoms. The Bertz CT molecular complexity index is 1030. The molecule has 0 radical (unpaired) electrons. The highest BCUT2D eigenvalue weighted by atomic mass is 16.5. The molecular weight excluding hydrogens is 358 g/mol. The molecule has 0 spiro atoms. The normalized spacial score (nSPS) is 13.6. The monoisotopic (exact) mass is 379 g/mol. The third-order valence-electron chi connectivity index (χ3n) is 4.89. The zero-order valence-corrected chi connectivity index (χ0v) is 15.7. The van der Waals surface area contributed by atoms with E-state index in [2.05, 4.69) is 15.1 Å². The fraction of sp³-hybridized carbons (Fsp3) is 0.300. The molecule has 2 aromatic heterocycles. The minimum absolute atomic E-state index is 0.174. The van der Waals surface area contributed by atoms with Gasteiger partial charge in [-0.25, -0.2) is 4.98 Å². The van der Waals surface area contributed by atoms with Gasteiger partial charge >= 0.3 is 0 Å². The lowest BCUT2D eigenvalue weighted by molar-refractivity contribution is 0.0689. The van der Waals surface area contributed by atoms with Crippen molar-refractivity contribution in [2.24, 2.45) is 5.73 Å². The summed E-state index contributed by atoms with van der Waals surface area (Å²) in [6, 6.07) is 8.65. The van der Waals surface area contributed by atoms with Crippen molar-refractivity contribution in [3.63, 3.8) is 0 Å². The highest BCUT2D eigenvalue weighted by molar-refractivity contribution is 5.93. The van der Waals surface area contributed by atoms with E-state index in [-0.39, 0.29) is 17.6 Å². The number of H-pyrrole nitrogens is 1. The van der Waals surface area contributed by atoms with Crippen molar-refractivity contribution in [3.8, 4) is 11.4 Å². The first-order valence-corrected chi connectivity index (χ1v) is 9.16. The summed E-state index contributed by atoms with van der Waals surface area (Å²) in [5.41, 5.74) is 9.20. The molecule has 4 rings (SSSR count). The summed E-state index contributed by atoms with van der Waals surface area (Å²) in [7, 11) is 0. The van der Waals surface area contributed by atoms with Crippen LogP contribution in [0.15, 0.2) is 34.9 Å². The van der Waals surface area contributed by atoms with Crippen molar-refractivity contribution in [2.45, 2.75) is 32.7 Å². The number of rotatable bonds is 4. The number of benzene rings is 1. The summed E-state index contributed by atoms with van der Waals surface area (Å²) >= 11 is 0. The van der Waals surface area contributed by atoms with Crippen LogP contribution in [0.4, 0.5) is 0 Å². The number of aromatic amines is 1. The molecule has 1 aromatic carbocycles. The molecule has 0 atom stereocenters. The first kappa shape index (κ1) is 18.0. The van der Waals surface area contributed by atoms with Crippen LogP contribution in [0, 0.1) is 0 Å². The number of imidazole rings is 1. The quantitative estimate of drug-likeness (QED) is 0.722. The third kappa shape index (κ3) is 3.28. The second kappa shape index (κ2) is 6.95. The number of nitrogens with one attached hydrogen (secondary N) is 1. The number of nitrogens with zero attached hydrogens (tertiary/aromatic N) is 3. The van der Waals surface area contributed by atoms with Gasteiger partial charge in [-0.3, -0.25) is 9.59 Å². The molecule has 144 valence electrons. The maximum atomic E-state index is 12.7. The highest BCUT2D eigenvalue weighted by Crippen LogP contribution is 2.24. The highest BCUT2D eigenvalue weighted by Gasteiger charge is 2.27. The van der Waals surface area contributed by atoms with Gasteiger partial charge in [0.15, 0.2) is 0 Å². The lowest BCUT2D eigenvalue weighted by Crippen LogP contribution is -2.35. The molecule has 8 heteroatoms. The Morgan fingerprint density at radius 2 is 2.00 bits per heavy atom. The van der Waals surface area contributed by atoms with Gasteiger partial charge in [0.05, 0.1) is 23.6 Å². The van der Waals surface area contributed by atoms with Crippen LogP contribution in [0.2, 0.25) is 0 Å². The van der Waals surface area contributed by atoms with E-state index in [0.29, 0.717) is 30.9 Å². The van der Waals surface area contributed by atoms with Gasteiger partial charge in [0, 0.05) is 30.2 Å². The molecule has 0 unspecified atom stereocenters. The molecule has 8 nitrogen and oxygen atoms in total. The van der Waals surface area contributed by atoms with E-state index in [1.807, 2.05) is 13.8 Å². The molecular formula is C20H21N5O3. The molecule has 0 saturated carbocycles. The van der Waals surface area contributed by atoms with Crippen molar-refractivity contribution in [1.29, 1.82) is 0 Å². The zero-order valence-electron chi connectivity index (χ0n) is 15.7. The van der Waals surface area contributed by atoms with Crippen LogP contribution in [0.25, 0.3) is 11.4 Å². The number of nitrogens with two attached hydrogens (primary N) is 1. The first-order valence-electron chi connectivity index (χ1n) is 9.16. The Morgan fingerprint density at radius 1 is 1.25 bits per heavy atom. The van der Waals surface area contributed by atoms with E-state index in [1.165, 1.54) is 0 Å². The number of primary amides is 1. The Hall–Kier alpha value is -3.42. The SMILES string of the molecule is CC(C)c1cc(C(=O)N2CCc3nc(-c4ccc(C(N)=O)cc4)[nH]c3C2)on1. The maximum Gasteiger partial charge on any atom is 0.292 e. The average molecular weight is 379 g/mol. The second-order valence-electron chi connectivity index (χ2n) is 7.20. The van der Waals surface area contributed by atoms with Gasteiger partial charge < -0.3 is 20.1 Å². The maximum absolute atomic E-state index is 12.7. The topological polar surface area (TPSA) is 118 Å². The van der Waals surface area contributed by atoms with E-state index in [9.17, 15) is 9.59 Å². The number of carbonyl (C=O) groups excluding carboxylic acids is 2. The van der Waals surface area contributed by atoms with Crippen LogP contribution < -0.4 is 5.73 Å². The minimum Gasteiger partial charge on any atom is -0.366 e. The van der Waals surface area contributed by atoms with Gasteiger partial charge in [-0.05, 0) is 18.1 Å². The van der Waals surface area contributed by atoms with Crippen LogP contribution in [0.3, 0.4) is 0 Å². The summed E-state index contributed by atoms with van der Waals surface area (Å²) in [4.78, 5) is 33.6. The predicted octanol–water partition coefficient (Wildman–Crippen LogP) is 2.49. The number of amides is 2. The van der Waals surface area contributed by atoms with E-state index in [0.717, 1.165) is 22.6 Å². The van der Waals surface area contributed by atoms with Gasteiger partial charge in [-0.2, -0.15) is 0 Å². The molecule has 2 amide bonds. The largest absolute Gasteiger partial charge is 0.366 e. The van der Waals surface area contributed by atoms with Gasteiger partial charge in [0.2, 0.25) is 11.7 Å². The molecule has 3 aromatic rings. The minimum atomic E-state index is -0.465. The Kier molecular flexibility index (Phi) is 4.46. The van der Waals surface area contributed by atoms with Crippen molar-refractivity contribution >= 4 is 11.8 Å². The molecule has 1 aliphatic heterocycles. The number of fused-ring (bicyclic) bond motifs is 1. The van der Waals surface area contributed by atoms with Crippen molar-refractivity contribution in [2.75, 3.05) is 6.54 Å². The Morgan fingerprint density at radius 3 is 2.64 bits per heavy atom. The van der Waals surface area contributed by atoms with Crippen LogP contribution in [-0.4, -0.2) is 38.4 Å². The van der Waals surface area contributed by atoms with Gasteiger partial charge in [0.25, 0.3) is 5.91 Å². The fourth-order valence-electron chi connectivity index (χ4n) is 3.21. The van der Waals surface area contributed by atoms with Crippen molar-refractivity contribution < 1.29 is 14.1 Å². The van der Waals surface area contributed by atoms with Crippen LogP contribution in [0.1, 0.15) is 57.8 Å². The molecule has 28 heavy (non-hydrogen) atoms. The van der Waals surface area contributed by atoms with E-state index < -0.39 is 5.91 Å². The lowest BCUT2D eigenvalue weighted by Gasteiger charge is -2.24. The summed E-state index contributed by atoms with van der Waals surface area (Å²) in [6.07, 6.45) is 0.655. The Labute approximate surface area is 161 Å². The summed E-state index contributed by atoms with van der Waals surface area (Å²) < 4.78 is 5.23. The summed E-state index contributed by atoms with van der Waals surface area (Å²) in [5, 5.41) is 3.96. The summed E-state index contributed by atoms with van der Waals surface area (Å²) in [5.74, 6) is 0.528.